The van der Waals surface area contributed by atoms with Gasteiger partial charge >= 0.3 is 14.4 Å². The highest BCUT2D eigenvalue weighted by molar-refractivity contribution is 8.13. The third-order valence-corrected chi connectivity index (χ3v) is 9.94. The van der Waals surface area contributed by atoms with Crippen molar-refractivity contribution in [2.24, 2.45) is 5.10 Å². The maximum absolute atomic E-state index is 12.7. The molecule has 2 aliphatic rings. The van der Waals surface area contributed by atoms with Crippen LogP contribution in [0, 0.1) is 0 Å². The quantitative estimate of drug-likeness (QED) is 0.148. The minimum Gasteiger partial charge on any atom is -0.337 e. The summed E-state index contributed by atoms with van der Waals surface area (Å²) in [6.07, 6.45) is 20.1. The molecule has 0 aromatic heterocycles. The highest BCUT2D eigenvalue weighted by Crippen LogP contribution is 2.50. The lowest BCUT2D eigenvalue weighted by atomic mass is 10.0. The minimum absolute atomic E-state index is 0.0917. The zero-order chi connectivity index (χ0) is 25.9. The molecular formula is C27H43N3O4S2. The number of anilines is 1. The number of hydrazone groups is 1. The number of carbonyl (C=O) groups excluding carboxylic acids is 1. The fourth-order valence-corrected chi connectivity index (χ4v) is 7.23. The number of unbranched alkanes of at least 4 members (excludes halogenated alkanes) is 14. The summed E-state index contributed by atoms with van der Waals surface area (Å²) >= 11 is 0.892. The molecule has 0 aliphatic carbocycles. The SMILES string of the molecule is CCCCCCCCCCCCCCCCCC1=NN(C2(S(=O)(=O)O)Nc3ccccc3S2)C(=O)C1. The minimum atomic E-state index is -4.67. The van der Waals surface area contributed by atoms with Gasteiger partial charge in [0.1, 0.15) is 0 Å². The maximum atomic E-state index is 12.7. The summed E-state index contributed by atoms with van der Waals surface area (Å²) in [6.45, 7) is 2.26. The molecule has 2 heterocycles. The van der Waals surface area contributed by atoms with E-state index in [2.05, 4.69) is 17.3 Å². The first kappa shape index (κ1) is 29.0. The van der Waals surface area contributed by atoms with Gasteiger partial charge in [0, 0.05) is 10.6 Å². The van der Waals surface area contributed by atoms with E-state index in [4.69, 9.17) is 0 Å². The first-order valence-electron chi connectivity index (χ1n) is 13.8. The van der Waals surface area contributed by atoms with E-state index < -0.39 is 20.4 Å². The second-order valence-corrected chi connectivity index (χ2v) is 13.1. The van der Waals surface area contributed by atoms with Crippen LogP contribution in [-0.2, 0) is 14.9 Å². The molecule has 1 atom stereocenters. The highest BCUT2D eigenvalue weighted by atomic mass is 32.3. The van der Waals surface area contributed by atoms with Crippen molar-refractivity contribution in [3.8, 4) is 0 Å². The summed E-state index contributed by atoms with van der Waals surface area (Å²) in [4.78, 5) is 13.4. The van der Waals surface area contributed by atoms with Crippen molar-refractivity contribution in [2.75, 3.05) is 5.32 Å². The summed E-state index contributed by atoms with van der Waals surface area (Å²) in [6, 6.07) is 7.02. The molecule has 2 aliphatic heterocycles. The van der Waals surface area contributed by atoms with Gasteiger partial charge in [0.05, 0.1) is 12.1 Å². The molecule has 0 fully saturated rings. The number of fused-ring (bicyclic) bond motifs is 1. The van der Waals surface area contributed by atoms with Crippen LogP contribution in [0.1, 0.15) is 116 Å². The first-order valence-corrected chi connectivity index (χ1v) is 16.1. The van der Waals surface area contributed by atoms with Gasteiger partial charge in [0.15, 0.2) is 0 Å². The number of para-hydroxylation sites is 1. The van der Waals surface area contributed by atoms with E-state index in [1.54, 1.807) is 24.3 Å². The summed E-state index contributed by atoms with van der Waals surface area (Å²) < 4.78 is 32.8. The molecule has 36 heavy (non-hydrogen) atoms. The molecule has 1 aromatic rings. The molecule has 9 heteroatoms. The van der Waals surface area contributed by atoms with E-state index >= 15 is 0 Å². The van der Waals surface area contributed by atoms with Crippen molar-refractivity contribution in [3.05, 3.63) is 24.3 Å². The molecule has 0 bridgehead atoms. The largest absolute Gasteiger partial charge is 0.337 e. The molecule has 0 saturated carbocycles. The Bertz CT molecular complexity index is 956. The Balaban J connectivity index is 1.31. The van der Waals surface area contributed by atoms with Crippen molar-refractivity contribution in [1.29, 1.82) is 0 Å². The molecule has 0 spiro atoms. The van der Waals surface area contributed by atoms with E-state index in [0.717, 1.165) is 29.6 Å². The molecule has 202 valence electrons. The van der Waals surface area contributed by atoms with Crippen molar-refractivity contribution in [3.63, 3.8) is 0 Å². The normalized spacial score (nSPS) is 19.4. The molecule has 0 saturated heterocycles. The van der Waals surface area contributed by atoms with E-state index in [-0.39, 0.29) is 6.42 Å². The van der Waals surface area contributed by atoms with Gasteiger partial charge < -0.3 is 5.32 Å². The summed E-state index contributed by atoms with van der Waals surface area (Å²) in [5.41, 5.74) is 1.23. The van der Waals surface area contributed by atoms with Crippen LogP contribution in [0.15, 0.2) is 34.3 Å². The van der Waals surface area contributed by atoms with Crippen LogP contribution in [0.25, 0.3) is 0 Å². The molecule has 1 aromatic carbocycles. The van der Waals surface area contributed by atoms with Crippen LogP contribution >= 0.6 is 11.8 Å². The number of hydrogen-bond donors (Lipinski definition) is 2. The first-order chi connectivity index (χ1) is 17.4. The Morgan fingerprint density at radius 1 is 0.917 bits per heavy atom. The topological polar surface area (TPSA) is 99.1 Å². The summed E-state index contributed by atoms with van der Waals surface area (Å²) in [5.74, 6) is -0.420. The van der Waals surface area contributed by atoms with Crippen LogP contribution in [-0.4, -0.2) is 33.9 Å². The van der Waals surface area contributed by atoms with Crippen molar-refractivity contribution >= 4 is 39.2 Å². The number of hydrogen-bond acceptors (Lipinski definition) is 6. The summed E-state index contributed by atoms with van der Waals surface area (Å²) in [5, 5.41) is 8.10. The Labute approximate surface area is 221 Å². The molecule has 2 N–H and O–H groups in total. The third-order valence-electron chi connectivity index (χ3n) is 6.96. The summed E-state index contributed by atoms with van der Waals surface area (Å²) in [7, 11) is -4.67. The van der Waals surface area contributed by atoms with Gasteiger partial charge in [-0.1, -0.05) is 121 Å². The lowest BCUT2D eigenvalue weighted by Crippen LogP contribution is -2.54. The van der Waals surface area contributed by atoms with Crippen LogP contribution in [0.3, 0.4) is 0 Å². The molecule has 3 rings (SSSR count). The third kappa shape index (κ3) is 7.96. The number of rotatable bonds is 18. The number of nitrogens with one attached hydrogen (secondary N) is 1. The lowest BCUT2D eigenvalue weighted by molar-refractivity contribution is -0.129. The Hall–Kier alpha value is -1.58. The van der Waals surface area contributed by atoms with Crippen molar-refractivity contribution < 1.29 is 17.8 Å². The van der Waals surface area contributed by atoms with Crippen LogP contribution in [0.4, 0.5) is 5.69 Å². The number of nitrogens with zero attached hydrogens (tertiary/aromatic N) is 2. The Morgan fingerprint density at radius 3 is 1.97 bits per heavy atom. The number of benzene rings is 1. The van der Waals surface area contributed by atoms with Crippen LogP contribution < -0.4 is 5.32 Å². The van der Waals surface area contributed by atoms with Gasteiger partial charge in [-0.05, 0) is 25.0 Å². The standard InChI is InChI=1S/C27H43N3O4S2/c1-2-3-4-5-6-7-8-9-10-11-12-13-14-15-16-19-23-22-26(31)30(29-23)27(36(32,33)34)28-24-20-17-18-21-25(24)35-27/h17-18,20-21,28H,2-16,19,22H2,1H3,(H,32,33,34). The van der Waals surface area contributed by atoms with E-state index in [1.165, 1.54) is 83.5 Å². The monoisotopic (exact) mass is 537 g/mol. The van der Waals surface area contributed by atoms with E-state index in [0.29, 0.717) is 22.7 Å². The predicted molar refractivity (Wildman–Crippen MR) is 149 cm³/mol. The van der Waals surface area contributed by atoms with Crippen LogP contribution in [0.2, 0.25) is 0 Å². The number of amides is 1. The zero-order valence-corrected chi connectivity index (χ0v) is 23.3. The maximum Gasteiger partial charge on any atom is 0.321 e. The fourth-order valence-electron chi connectivity index (χ4n) is 4.88. The molecule has 1 unspecified atom stereocenters. The van der Waals surface area contributed by atoms with Gasteiger partial charge in [-0.25, -0.2) is 0 Å². The van der Waals surface area contributed by atoms with E-state index in [1.807, 2.05) is 0 Å². The predicted octanol–water partition coefficient (Wildman–Crippen LogP) is 7.55. The number of thioether (sulfide) groups is 1. The second kappa shape index (κ2) is 14.4. The van der Waals surface area contributed by atoms with Gasteiger partial charge in [-0.15, -0.1) is 0 Å². The molecule has 0 radical (unpaired) electrons. The molecule has 1 amide bonds. The van der Waals surface area contributed by atoms with E-state index in [9.17, 15) is 17.8 Å². The molecule has 7 nitrogen and oxygen atoms in total. The highest BCUT2D eigenvalue weighted by Gasteiger charge is 2.57. The Morgan fingerprint density at radius 2 is 1.44 bits per heavy atom. The average molecular weight is 538 g/mol. The lowest BCUT2D eigenvalue weighted by Gasteiger charge is -2.31. The smallest absolute Gasteiger partial charge is 0.321 e. The van der Waals surface area contributed by atoms with Gasteiger partial charge in [0.2, 0.25) is 0 Å². The van der Waals surface area contributed by atoms with Gasteiger partial charge in [-0.3, -0.25) is 9.35 Å². The van der Waals surface area contributed by atoms with Crippen molar-refractivity contribution in [1.82, 2.24) is 5.01 Å². The Kier molecular flexibility index (Phi) is 11.6. The average Bonchev–Trinajstić information content (AvgIpc) is 3.42. The number of carbonyl (C=O) groups is 1. The van der Waals surface area contributed by atoms with Gasteiger partial charge in [0.25, 0.3) is 5.91 Å². The van der Waals surface area contributed by atoms with Crippen LogP contribution in [0.5, 0.6) is 0 Å². The fraction of sp³-hybridized carbons (Fsp3) is 0.704. The van der Waals surface area contributed by atoms with Gasteiger partial charge in [-0.2, -0.15) is 18.5 Å². The van der Waals surface area contributed by atoms with Crippen molar-refractivity contribution in [2.45, 2.75) is 125 Å². The molecular weight excluding hydrogens is 494 g/mol. The second-order valence-electron chi connectivity index (χ2n) is 10.0. The zero-order valence-electron chi connectivity index (χ0n) is 21.7.